The normalized spacial score (nSPS) is 15.7. The Morgan fingerprint density at radius 3 is 2.70 bits per heavy atom. The van der Waals surface area contributed by atoms with Gasteiger partial charge in [-0.25, -0.2) is 0 Å². The summed E-state index contributed by atoms with van der Waals surface area (Å²) in [5.41, 5.74) is 3.33. The van der Waals surface area contributed by atoms with Crippen LogP contribution < -0.4 is 5.43 Å². The number of benzene rings is 2. The third-order valence-electron chi connectivity index (χ3n) is 4.28. The van der Waals surface area contributed by atoms with Gasteiger partial charge in [0.1, 0.15) is 17.1 Å². The molecule has 0 saturated heterocycles. The van der Waals surface area contributed by atoms with Gasteiger partial charge in [0.25, 0.3) is 0 Å². The molecule has 4 rings (SSSR count). The van der Waals surface area contributed by atoms with Crippen molar-refractivity contribution in [3.8, 4) is 5.75 Å². The minimum absolute atomic E-state index is 0.0138. The van der Waals surface area contributed by atoms with E-state index in [9.17, 15) is 9.90 Å². The number of rotatable bonds is 1. The first-order valence-electron chi connectivity index (χ1n) is 7.77. The smallest absolute Gasteiger partial charge is 0.196 e. The zero-order valence-electron chi connectivity index (χ0n) is 12.6. The van der Waals surface area contributed by atoms with Crippen LogP contribution in [-0.4, -0.2) is 5.11 Å². The highest BCUT2D eigenvalue weighted by Crippen LogP contribution is 2.33. The van der Waals surface area contributed by atoms with E-state index in [2.05, 4.69) is 6.08 Å². The Morgan fingerprint density at radius 1 is 1.04 bits per heavy atom. The topological polar surface area (TPSA) is 50.4 Å². The summed E-state index contributed by atoms with van der Waals surface area (Å²) in [5, 5.41) is 10.2. The van der Waals surface area contributed by atoms with E-state index < -0.39 is 0 Å². The predicted octanol–water partition coefficient (Wildman–Crippen LogP) is 4.38. The lowest BCUT2D eigenvalue weighted by atomic mass is 9.90. The minimum atomic E-state index is 0.0138. The number of hydrogen-bond donors (Lipinski definition) is 1. The van der Waals surface area contributed by atoms with Crippen LogP contribution >= 0.6 is 0 Å². The summed E-state index contributed by atoms with van der Waals surface area (Å²) in [4.78, 5) is 12.7. The highest BCUT2D eigenvalue weighted by Gasteiger charge is 2.21. The van der Waals surface area contributed by atoms with E-state index in [1.807, 2.05) is 30.3 Å². The lowest BCUT2D eigenvalue weighted by Gasteiger charge is -2.18. The van der Waals surface area contributed by atoms with Crippen molar-refractivity contribution in [2.24, 2.45) is 0 Å². The van der Waals surface area contributed by atoms with Gasteiger partial charge >= 0.3 is 0 Å². The largest absolute Gasteiger partial charge is 0.508 e. The fourth-order valence-electron chi connectivity index (χ4n) is 3.16. The van der Waals surface area contributed by atoms with Crippen molar-refractivity contribution in [1.29, 1.82) is 0 Å². The number of hydrogen-bond acceptors (Lipinski definition) is 3. The molecule has 1 N–H and O–H groups in total. The summed E-state index contributed by atoms with van der Waals surface area (Å²) >= 11 is 0. The van der Waals surface area contributed by atoms with Gasteiger partial charge in [0.05, 0.1) is 5.39 Å². The molecule has 0 aliphatic heterocycles. The van der Waals surface area contributed by atoms with E-state index in [-0.39, 0.29) is 11.2 Å². The fourth-order valence-corrected chi connectivity index (χ4v) is 3.16. The van der Waals surface area contributed by atoms with Gasteiger partial charge < -0.3 is 9.52 Å². The van der Waals surface area contributed by atoms with Gasteiger partial charge in [-0.1, -0.05) is 30.3 Å². The Hall–Kier alpha value is -2.81. The third kappa shape index (κ3) is 2.44. The van der Waals surface area contributed by atoms with Crippen molar-refractivity contribution >= 4 is 22.6 Å². The maximum absolute atomic E-state index is 12.7. The number of phenols is 1. The van der Waals surface area contributed by atoms with Crippen molar-refractivity contribution in [3.63, 3.8) is 0 Å². The Bertz CT molecular complexity index is 965. The van der Waals surface area contributed by atoms with Gasteiger partial charge in [-0.2, -0.15) is 0 Å². The maximum atomic E-state index is 12.7. The Balaban J connectivity index is 1.95. The number of phenolic OH excluding ortho intramolecular Hbond substituents is 1. The van der Waals surface area contributed by atoms with E-state index in [1.54, 1.807) is 6.07 Å². The molecule has 0 fully saturated rings. The second kappa shape index (κ2) is 5.43. The third-order valence-corrected chi connectivity index (χ3v) is 4.28. The van der Waals surface area contributed by atoms with Crippen molar-refractivity contribution in [3.05, 3.63) is 75.6 Å². The van der Waals surface area contributed by atoms with Crippen LogP contribution in [0.5, 0.6) is 5.75 Å². The van der Waals surface area contributed by atoms with Gasteiger partial charge in [-0.05, 0) is 48.6 Å². The van der Waals surface area contributed by atoms with Crippen LogP contribution in [0.1, 0.15) is 29.7 Å². The molecule has 3 nitrogen and oxygen atoms in total. The zero-order chi connectivity index (χ0) is 15.8. The zero-order valence-corrected chi connectivity index (χ0v) is 12.6. The maximum Gasteiger partial charge on any atom is 0.196 e. The van der Waals surface area contributed by atoms with Crippen LogP contribution in [-0.2, 0) is 6.42 Å². The van der Waals surface area contributed by atoms with Crippen LogP contribution in [0, 0.1) is 0 Å². The summed E-state index contributed by atoms with van der Waals surface area (Å²) in [6, 6.07) is 14.7. The van der Waals surface area contributed by atoms with E-state index in [1.165, 1.54) is 12.1 Å². The minimum Gasteiger partial charge on any atom is -0.508 e. The molecule has 0 amide bonds. The summed E-state index contributed by atoms with van der Waals surface area (Å²) < 4.78 is 6.00. The SMILES string of the molecule is O=c1c2c(oc3cc(O)ccc13)C(=Cc1ccccc1)CCC2. The Morgan fingerprint density at radius 2 is 1.87 bits per heavy atom. The second-order valence-electron chi connectivity index (χ2n) is 5.85. The highest BCUT2D eigenvalue weighted by atomic mass is 16.3. The summed E-state index contributed by atoms with van der Waals surface area (Å²) in [6.45, 7) is 0. The molecule has 0 atom stereocenters. The van der Waals surface area contributed by atoms with E-state index in [4.69, 9.17) is 4.42 Å². The molecule has 3 heteroatoms. The Kier molecular flexibility index (Phi) is 3.27. The van der Waals surface area contributed by atoms with Gasteiger partial charge in [0.15, 0.2) is 5.43 Å². The monoisotopic (exact) mass is 304 g/mol. The van der Waals surface area contributed by atoms with Crippen molar-refractivity contribution < 1.29 is 9.52 Å². The Labute approximate surface area is 133 Å². The van der Waals surface area contributed by atoms with Crippen LogP contribution in [0.3, 0.4) is 0 Å². The second-order valence-corrected chi connectivity index (χ2v) is 5.85. The molecule has 3 aromatic rings. The molecule has 0 spiro atoms. The van der Waals surface area contributed by atoms with E-state index in [0.29, 0.717) is 16.7 Å². The molecule has 0 saturated carbocycles. The molecule has 1 aliphatic carbocycles. The van der Waals surface area contributed by atoms with Gasteiger partial charge in [0, 0.05) is 11.6 Å². The van der Waals surface area contributed by atoms with Crippen molar-refractivity contribution in [2.45, 2.75) is 19.3 Å². The standard InChI is InChI=1S/C20H16O3/c21-15-9-10-16-18(12-15)23-20-14(7-4-8-17(20)19(16)22)11-13-5-2-1-3-6-13/h1-3,5-6,9-12,21H,4,7-8H2. The first-order chi connectivity index (χ1) is 11.2. The fraction of sp³-hybridized carbons (Fsp3) is 0.150. The average Bonchev–Trinajstić information content (AvgIpc) is 2.56. The number of aromatic hydroxyl groups is 1. The van der Waals surface area contributed by atoms with Gasteiger partial charge in [0.2, 0.25) is 0 Å². The molecule has 23 heavy (non-hydrogen) atoms. The molecule has 1 aromatic heterocycles. The van der Waals surface area contributed by atoms with Crippen LogP contribution in [0.25, 0.3) is 22.6 Å². The molecule has 0 unspecified atom stereocenters. The van der Waals surface area contributed by atoms with Crippen LogP contribution in [0.2, 0.25) is 0 Å². The molecule has 1 aliphatic rings. The van der Waals surface area contributed by atoms with Crippen molar-refractivity contribution in [1.82, 2.24) is 0 Å². The molecular weight excluding hydrogens is 288 g/mol. The van der Waals surface area contributed by atoms with Crippen molar-refractivity contribution in [2.75, 3.05) is 0 Å². The number of fused-ring (bicyclic) bond motifs is 2. The van der Waals surface area contributed by atoms with E-state index >= 15 is 0 Å². The first kappa shape index (κ1) is 13.8. The summed E-state index contributed by atoms with van der Waals surface area (Å²) in [5.74, 6) is 0.771. The summed E-state index contributed by atoms with van der Waals surface area (Å²) in [6.07, 6.45) is 4.64. The lowest BCUT2D eigenvalue weighted by Crippen LogP contribution is -2.15. The molecule has 114 valence electrons. The molecule has 0 bridgehead atoms. The predicted molar refractivity (Wildman–Crippen MR) is 91.4 cm³/mol. The van der Waals surface area contributed by atoms with Gasteiger partial charge in [-0.15, -0.1) is 0 Å². The molecular formula is C20H16O3. The van der Waals surface area contributed by atoms with E-state index in [0.717, 1.165) is 36.0 Å². The quantitative estimate of drug-likeness (QED) is 0.726. The summed E-state index contributed by atoms with van der Waals surface area (Å²) in [7, 11) is 0. The van der Waals surface area contributed by atoms with Crippen LogP contribution in [0.4, 0.5) is 0 Å². The first-order valence-corrected chi connectivity index (χ1v) is 7.77. The molecule has 1 heterocycles. The number of allylic oxidation sites excluding steroid dienone is 1. The molecule has 2 aromatic carbocycles. The van der Waals surface area contributed by atoms with Crippen LogP contribution in [0.15, 0.2) is 57.7 Å². The highest BCUT2D eigenvalue weighted by molar-refractivity contribution is 5.86. The average molecular weight is 304 g/mol. The van der Waals surface area contributed by atoms with Gasteiger partial charge in [-0.3, -0.25) is 4.79 Å². The molecule has 0 radical (unpaired) electrons. The lowest BCUT2D eigenvalue weighted by molar-refractivity contribution is 0.473.